The Morgan fingerprint density at radius 2 is 1.95 bits per heavy atom. The van der Waals surface area contributed by atoms with E-state index in [9.17, 15) is 8.42 Å². The lowest BCUT2D eigenvalue weighted by Gasteiger charge is -2.07. The molecule has 7 nitrogen and oxygen atoms in total. The van der Waals surface area contributed by atoms with Crippen LogP contribution >= 0.6 is 0 Å². The molecule has 0 saturated carbocycles. The predicted molar refractivity (Wildman–Crippen MR) is 71.4 cm³/mol. The molecular weight excluding hydrogens is 282 g/mol. The smallest absolute Gasteiger partial charge is 0.275 e. The van der Waals surface area contributed by atoms with Crippen molar-refractivity contribution in [2.75, 3.05) is 14.1 Å². The molecule has 2 aromatic rings. The molecule has 0 spiro atoms. The second-order valence-corrected chi connectivity index (χ2v) is 6.63. The fourth-order valence-corrected chi connectivity index (χ4v) is 2.39. The summed E-state index contributed by atoms with van der Waals surface area (Å²) in [7, 11) is -0.599. The average molecular weight is 299 g/mol. The summed E-state index contributed by atoms with van der Waals surface area (Å²) in [6.45, 7) is 2.75. The fraction of sp³-hybridized carbons (Fsp3) is 0.417. The molecule has 0 radical (unpaired) electrons. The van der Waals surface area contributed by atoms with Crippen molar-refractivity contribution in [3.05, 3.63) is 35.4 Å². The van der Waals surface area contributed by atoms with Gasteiger partial charge in [-0.05, 0) is 19.1 Å². The van der Waals surface area contributed by atoms with Crippen LogP contribution in [-0.2, 0) is 23.1 Å². The SMILES string of the molecule is Cc1cc(CNCc2ccc(S(=O)(=O)N(C)C)o2)on1. The van der Waals surface area contributed by atoms with Gasteiger partial charge in [0.05, 0.1) is 18.8 Å². The Hall–Kier alpha value is -1.64. The van der Waals surface area contributed by atoms with Crippen LogP contribution in [0, 0.1) is 6.92 Å². The van der Waals surface area contributed by atoms with E-state index >= 15 is 0 Å². The van der Waals surface area contributed by atoms with Crippen molar-refractivity contribution in [3.8, 4) is 0 Å². The van der Waals surface area contributed by atoms with Gasteiger partial charge in [0, 0.05) is 20.2 Å². The number of hydrogen-bond acceptors (Lipinski definition) is 6. The summed E-state index contributed by atoms with van der Waals surface area (Å²) in [5.74, 6) is 1.26. The van der Waals surface area contributed by atoms with Gasteiger partial charge in [-0.3, -0.25) is 0 Å². The third-order valence-electron chi connectivity index (χ3n) is 2.65. The van der Waals surface area contributed by atoms with Gasteiger partial charge in [-0.1, -0.05) is 5.16 Å². The molecule has 0 bridgehead atoms. The molecule has 0 aliphatic rings. The van der Waals surface area contributed by atoms with Gasteiger partial charge in [0.15, 0.2) is 5.76 Å². The minimum Gasteiger partial charge on any atom is -0.447 e. The maximum atomic E-state index is 11.8. The van der Waals surface area contributed by atoms with Crippen molar-refractivity contribution in [2.24, 2.45) is 0 Å². The van der Waals surface area contributed by atoms with Crippen LogP contribution in [0.25, 0.3) is 0 Å². The van der Waals surface area contributed by atoms with Gasteiger partial charge in [0.2, 0.25) is 5.09 Å². The number of hydrogen-bond donors (Lipinski definition) is 1. The third kappa shape index (κ3) is 3.27. The number of furan rings is 1. The highest BCUT2D eigenvalue weighted by Crippen LogP contribution is 2.16. The van der Waals surface area contributed by atoms with Gasteiger partial charge in [-0.15, -0.1) is 0 Å². The Morgan fingerprint density at radius 1 is 1.25 bits per heavy atom. The van der Waals surface area contributed by atoms with E-state index in [1.807, 2.05) is 13.0 Å². The largest absolute Gasteiger partial charge is 0.447 e. The zero-order valence-electron chi connectivity index (χ0n) is 11.6. The molecule has 8 heteroatoms. The molecule has 0 aliphatic heterocycles. The molecular formula is C12H17N3O4S. The number of aromatic nitrogens is 1. The van der Waals surface area contributed by atoms with Crippen LogP contribution in [0.5, 0.6) is 0 Å². The highest BCUT2D eigenvalue weighted by molar-refractivity contribution is 7.88. The number of nitrogens with zero attached hydrogens (tertiary/aromatic N) is 2. The first-order valence-electron chi connectivity index (χ1n) is 6.04. The van der Waals surface area contributed by atoms with Crippen LogP contribution in [0.4, 0.5) is 0 Å². The van der Waals surface area contributed by atoms with Crippen molar-refractivity contribution in [1.82, 2.24) is 14.8 Å². The van der Waals surface area contributed by atoms with Gasteiger partial charge in [0.25, 0.3) is 10.0 Å². The molecule has 2 heterocycles. The van der Waals surface area contributed by atoms with Gasteiger partial charge in [-0.2, -0.15) is 0 Å². The first-order chi connectivity index (χ1) is 9.39. The third-order valence-corrected chi connectivity index (χ3v) is 4.34. The number of nitrogens with one attached hydrogen (secondary N) is 1. The molecule has 2 aromatic heterocycles. The topological polar surface area (TPSA) is 88.6 Å². The molecule has 0 unspecified atom stereocenters. The van der Waals surface area contributed by atoms with E-state index in [2.05, 4.69) is 10.5 Å². The van der Waals surface area contributed by atoms with Crippen molar-refractivity contribution < 1.29 is 17.4 Å². The Bertz CT molecular complexity index is 672. The minimum absolute atomic E-state index is 0.0604. The molecule has 0 aromatic carbocycles. The van der Waals surface area contributed by atoms with E-state index in [1.54, 1.807) is 6.07 Å². The van der Waals surface area contributed by atoms with Gasteiger partial charge in [0.1, 0.15) is 5.76 Å². The van der Waals surface area contributed by atoms with E-state index in [4.69, 9.17) is 8.94 Å². The molecule has 0 aliphatic carbocycles. The highest BCUT2D eigenvalue weighted by Gasteiger charge is 2.21. The molecule has 0 saturated heterocycles. The number of aryl methyl sites for hydroxylation is 1. The Morgan fingerprint density at radius 3 is 2.55 bits per heavy atom. The quantitative estimate of drug-likeness (QED) is 0.859. The summed E-state index contributed by atoms with van der Waals surface area (Å²) < 4.78 is 35.1. The Balaban J connectivity index is 1.93. The summed E-state index contributed by atoms with van der Waals surface area (Å²) in [4.78, 5) is 0. The van der Waals surface area contributed by atoms with Gasteiger partial charge in [-0.25, -0.2) is 12.7 Å². The summed E-state index contributed by atoms with van der Waals surface area (Å²) in [6, 6.07) is 4.91. The van der Waals surface area contributed by atoms with Crippen LogP contribution in [0.2, 0.25) is 0 Å². The van der Waals surface area contributed by atoms with Crippen molar-refractivity contribution in [2.45, 2.75) is 25.1 Å². The zero-order valence-corrected chi connectivity index (χ0v) is 12.4. The van der Waals surface area contributed by atoms with E-state index < -0.39 is 10.0 Å². The molecule has 110 valence electrons. The summed E-state index contributed by atoms with van der Waals surface area (Å²) >= 11 is 0. The lowest BCUT2D eigenvalue weighted by molar-refractivity contribution is 0.358. The highest BCUT2D eigenvalue weighted by atomic mass is 32.2. The Kier molecular flexibility index (Phi) is 4.26. The second-order valence-electron chi connectivity index (χ2n) is 4.55. The maximum Gasteiger partial charge on any atom is 0.275 e. The number of rotatable bonds is 6. The molecule has 20 heavy (non-hydrogen) atoms. The van der Waals surface area contributed by atoms with E-state index in [0.29, 0.717) is 18.8 Å². The van der Waals surface area contributed by atoms with E-state index in [0.717, 1.165) is 15.8 Å². The van der Waals surface area contributed by atoms with Gasteiger partial charge < -0.3 is 14.3 Å². The minimum atomic E-state index is -3.52. The van der Waals surface area contributed by atoms with Crippen LogP contribution < -0.4 is 5.32 Å². The maximum absolute atomic E-state index is 11.8. The van der Waals surface area contributed by atoms with Crippen molar-refractivity contribution in [1.29, 1.82) is 0 Å². The average Bonchev–Trinajstić information content (AvgIpc) is 2.99. The van der Waals surface area contributed by atoms with Crippen LogP contribution in [0.3, 0.4) is 0 Å². The molecule has 0 amide bonds. The first-order valence-corrected chi connectivity index (χ1v) is 7.48. The van der Waals surface area contributed by atoms with Crippen molar-refractivity contribution >= 4 is 10.0 Å². The number of sulfonamides is 1. The first kappa shape index (κ1) is 14.8. The van der Waals surface area contributed by atoms with Crippen LogP contribution in [0.1, 0.15) is 17.2 Å². The summed E-state index contributed by atoms with van der Waals surface area (Å²) in [5, 5.41) is 6.80. The second kappa shape index (κ2) is 5.78. The summed E-state index contributed by atoms with van der Waals surface area (Å²) in [5.41, 5.74) is 0.819. The molecule has 2 rings (SSSR count). The predicted octanol–water partition coefficient (Wildman–Crippen LogP) is 1.12. The molecule has 0 fully saturated rings. The standard InChI is InChI=1S/C12H17N3O4S/c1-9-6-11(19-14-9)8-13-7-10-4-5-12(18-10)20(16,17)15(2)3/h4-6,13H,7-8H2,1-3H3. The normalized spacial score (nSPS) is 12.2. The Labute approximate surface area is 117 Å². The van der Waals surface area contributed by atoms with Gasteiger partial charge >= 0.3 is 0 Å². The zero-order chi connectivity index (χ0) is 14.8. The lowest BCUT2D eigenvalue weighted by atomic mass is 10.4. The van der Waals surface area contributed by atoms with Crippen LogP contribution in [-0.4, -0.2) is 32.0 Å². The fourth-order valence-electron chi connectivity index (χ4n) is 1.58. The summed E-state index contributed by atoms with van der Waals surface area (Å²) in [6.07, 6.45) is 0. The molecule has 0 atom stereocenters. The monoisotopic (exact) mass is 299 g/mol. The lowest BCUT2D eigenvalue weighted by Crippen LogP contribution is -2.21. The van der Waals surface area contributed by atoms with E-state index in [1.165, 1.54) is 20.2 Å². The molecule has 1 N–H and O–H groups in total. The van der Waals surface area contributed by atoms with Crippen molar-refractivity contribution in [3.63, 3.8) is 0 Å². The van der Waals surface area contributed by atoms with Crippen LogP contribution in [0.15, 0.2) is 32.2 Å². The van der Waals surface area contributed by atoms with E-state index in [-0.39, 0.29) is 5.09 Å².